The molecule has 1 aromatic rings. The number of benzene rings is 1. The molecule has 1 N–H and O–H groups in total. The van der Waals surface area contributed by atoms with Crippen LogP contribution in [0.15, 0.2) is 35.9 Å². The lowest BCUT2D eigenvalue weighted by Crippen LogP contribution is -2.60. The van der Waals surface area contributed by atoms with Crippen LogP contribution in [0.25, 0.3) is 0 Å². The van der Waals surface area contributed by atoms with Gasteiger partial charge in [-0.3, -0.25) is 4.90 Å². The number of esters is 1. The first-order valence-corrected chi connectivity index (χ1v) is 11.4. The number of likely N-dealkylation sites (tertiary alicyclic amines) is 1. The number of para-hydroxylation sites is 1. The van der Waals surface area contributed by atoms with Crippen LogP contribution >= 0.6 is 0 Å². The summed E-state index contributed by atoms with van der Waals surface area (Å²) in [5, 5.41) is 3.00. The molecule has 4 aliphatic rings. The Morgan fingerprint density at radius 1 is 1.13 bits per heavy atom. The van der Waals surface area contributed by atoms with Crippen LogP contribution in [0.1, 0.15) is 48.9 Å². The first kappa shape index (κ1) is 19.6. The topological polar surface area (TPSA) is 61.9 Å². The quantitative estimate of drug-likeness (QED) is 0.594. The van der Waals surface area contributed by atoms with Gasteiger partial charge in [-0.2, -0.15) is 0 Å². The van der Waals surface area contributed by atoms with Gasteiger partial charge in [0.1, 0.15) is 0 Å². The second kappa shape index (κ2) is 8.06. The molecule has 3 fully saturated rings. The molecule has 2 bridgehead atoms. The summed E-state index contributed by atoms with van der Waals surface area (Å²) in [5.41, 5.74) is 2.36. The van der Waals surface area contributed by atoms with Gasteiger partial charge in [-0.15, -0.1) is 0 Å². The minimum Gasteiger partial charge on any atom is -0.465 e. The van der Waals surface area contributed by atoms with Crippen LogP contribution in [0.3, 0.4) is 0 Å². The lowest BCUT2D eigenvalue weighted by atomic mass is 9.68. The van der Waals surface area contributed by atoms with Crippen molar-refractivity contribution in [2.24, 2.45) is 11.8 Å². The van der Waals surface area contributed by atoms with Crippen LogP contribution in [0.4, 0.5) is 10.5 Å². The van der Waals surface area contributed by atoms with E-state index in [2.05, 4.69) is 16.3 Å². The molecule has 3 aliphatic heterocycles. The van der Waals surface area contributed by atoms with E-state index < -0.39 is 5.97 Å². The van der Waals surface area contributed by atoms with E-state index in [4.69, 9.17) is 4.74 Å². The number of hydrogen-bond acceptors (Lipinski definition) is 4. The molecule has 4 atom stereocenters. The lowest BCUT2D eigenvalue weighted by molar-refractivity contribution is 0.00908. The largest absolute Gasteiger partial charge is 0.465 e. The molecule has 2 amide bonds. The smallest absolute Gasteiger partial charge is 0.339 e. The number of amides is 2. The number of carbonyl (C=O) groups excluding carboxylic acids is 2. The Labute approximate surface area is 178 Å². The predicted octanol–water partition coefficient (Wildman–Crippen LogP) is 3.90. The molecule has 0 saturated carbocycles. The highest BCUT2D eigenvalue weighted by molar-refractivity contribution is 6.00. The summed E-state index contributed by atoms with van der Waals surface area (Å²) in [5.74, 6) is 0.721. The Hall–Kier alpha value is -2.34. The Morgan fingerprint density at radius 3 is 2.87 bits per heavy atom. The fourth-order valence-electron chi connectivity index (χ4n) is 6.27. The van der Waals surface area contributed by atoms with Crippen molar-refractivity contribution in [1.82, 2.24) is 9.80 Å². The molecule has 3 saturated heterocycles. The minimum atomic E-state index is -0.436. The molecule has 30 heavy (non-hydrogen) atoms. The SMILES string of the molecule is COC(=O)c1ccccc1NC(=O)N1CCCC2=C[C@H]3C[C@@H](CN4CCCC[C@@H]34)[C@H]21. The molecule has 5 rings (SSSR count). The van der Waals surface area contributed by atoms with E-state index in [1.165, 1.54) is 44.9 Å². The molecule has 0 radical (unpaired) electrons. The van der Waals surface area contributed by atoms with E-state index in [9.17, 15) is 9.59 Å². The van der Waals surface area contributed by atoms with Crippen molar-refractivity contribution < 1.29 is 14.3 Å². The molecule has 0 unspecified atom stereocenters. The van der Waals surface area contributed by atoms with Crippen LogP contribution < -0.4 is 5.32 Å². The summed E-state index contributed by atoms with van der Waals surface area (Å²) in [4.78, 5) is 30.2. The van der Waals surface area contributed by atoms with Crippen LogP contribution in [0, 0.1) is 11.8 Å². The van der Waals surface area contributed by atoms with Crippen LogP contribution in [-0.4, -0.2) is 60.6 Å². The second-order valence-corrected chi connectivity index (χ2v) is 9.17. The highest BCUT2D eigenvalue weighted by Crippen LogP contribution is 2.45. The van der Waals surface area contributed by atoms with Crippen molar-refractivity contribution in [1.29, 1.82) is 0 Å². The number of urea groups is 1. The molecule has 1 aromatic carbocycles. The normalized spacial score (nSPS) is 30.6. The molecule has 6 heteroatoms. The van der Waals surface area contributed by atoms with Crippen molar-refractivity contribution in [2.45, 2.75) is 50.6 Å². The van der Waals surface area contributed by atoms with Gasteiger partial charge in [-0.1, -0.05) is 30.2 Å². The Morgan fingerprint density at radius 2 is 2.00 bits per heavy atom. The Bertz CT molecular complexity index is 867. The Balaban J connectivity index is 1.39. The summed E-state index contributed by atoms with van der Waals surface area (Å²) in [6.07, 6.45) is 9.78. The summed E-state index contributed by atoms with van der Waals surface area (Å²) in [7, 11) is 1.36. The number of methoxy groups -OCH3 is 1. The molecule has 160 valence electrons. The number of hydrogen-bond donors (Lipinski definition) is 1. The highest BCUT2D eigenvalue weighted by atomic mass is 16.5. The van der Waals surface area contributed by atoms with Crippen molar-refractivity contribution in [3.8, 4) is 0 Å². The highest BCUT2D eigenvalue weighted by Gasteiger charge is 2.47. The predicted molar refractivity (Wildman–Crippen MR) is 115 cm³/mol. The third kappa shape index (κ3) is 3.41. The van der Waals surface area contributed by atoms with Crippen LogP contribution in [0.5, 0.6) is 0 Å². The van der Waals surface area contributed by atoms with E-state index in [1.807, 2.05) is 11.0 Å². The summed E-state index contributed by atoms with van der Waals surface area (Å²) >= 11 is 0. The number of nitrogens with zero attached hydrogens (tertiary/aromatic N) is 2. The Kier molecular flexibility index (Phi) is 5.27. The van der Waals surface area contributed by atoms with E-state index in [-0.39, 0.29) is 12.1 Å². The zero-order chi connectivity index (χ0) is 20.7. The average Bonchev–Trinajstić information content (AvgIpc) is 2.78. The summed E-state index contributed by atoms with van der Waals surface area (Å²) < 4.78 is 4.88. The van der Waals surface area contributed by atoms with Crippen LogP contribution in [-0.2, 0) is 4.74 Å². The van der Waals surface area contributed by atoms with Gasteiger partial charge in [0.15, 0.2) is 0 Å². The van der Waals surface area contributed by atoms with E-state index in [1.54, 1.807) is 18.2 Å². The second-order valence-electron chi connectivity index (χ2n) is 9.17. The fourth-order valence-corrected chi connectivity index (χ4v) is 6.27. The van der Waals surface area contributed by atoms with Crippen LogP contribution in [0.2, 0.25) is 0 Å². The van der Waals surface area contributed by atoms with Crippen molar-refractivity contribution in [3.05, 3.63) is 41.5 Å². The zero-order valence-corrected chi connectivity index (χ0v) is 17.7. The molecule has 0 spiro atoms. The molecule has 6 nitrogen and oxygen atoms in total. The summed E-state index contributed by atoms with van der Waals surface area (Å²) in [6, 6.07) is 7.84. The maximum Gasteiger partial charge on any atom is 0.339 e. The maximum atomic E-state index is 13.4. The number of piperidine rings is 3. The van der Waals surface area contributed by atoms with Gasteiger partial charge < -0.3 is 15.0 Å². The number of fused-ring (bicyclic) bond motifs is 6. The molecule has 1 aliphatic carbocycles. The third-order valence-electron chi connectivity index (χ3n) is 7.49. The molecular weight excluding hydrogens is 378 g/mol. The number of anilines is 1. The standard InChI is InChI=1S/C24H31N3O3/c1-30-23(28)19-8-2-3-9-20(19)25-24(29)27-12-6-7-16-13-17-14-18(22(16)27)15-26-11-5-4-10-21(17)26/h2-3,8-9,13,17-18,21-22H,4-7,10-12,14-15H2,1H3,(H,25,29)/t17-,18-,21-,22-/m0/s1. The van der Waals surface area contributed by atoms with Gasteiger partial charge in [0, 0.05) is 19.1 Å². The van der Waals surface area contributed by atoms with E-state index >= 15 is 0 Å². The van der Waals surface area contributed by atoms with Gasteiger partial charge in [-0.25, -0.2) is 9.59 Å². The van der Waals surface area contributed by atoms with Gasteiger partial charge in [0.25, 0.3) is 0 Å². The number of nitrogens with one attached hydrogen (secondary N) is 1. The van der Waals surface area contributed by atoms with Crippen molar-refractivity contribution in [3.63, 3.8) is 0 Å². The average molecular weight is 410 g/mol. The molecule has 0 aromatic heterocycles. The van der Waals surface area contributed by atoms with Gasteiger partial charge in [0.05, 0.1) is 24.4 Å². The fraction of sp³-hybridized carbons (Fsp3) is 0.583. The zero-order valence-electron chi connectivity index (χ0n) is 17.7. The van der Waals surface area contributed by atoms with Crippen molar-refractivity contribution in [2.75, 3.05) is 32.1 Å². The minimum absolute atomic E-state index is 0.110. The van der Waals surface area contributed by atoms with Gasteiger partial charge >= 0.3 is 12.0 Å². The van der Waals surface area contributed by atoms with E-state index in [0.717, 1.165) is 25.9 Å². The number of carbonyl (C=O) groups is 2. The summed E-state index contributed by atoms with van der Waals surface area (Å²) in [6.45, 7) is 3.07. The maximum absolute atomic E-state index is 13.4. The molecular formula is C24H31N3O3. The number of rotatable bonds is 2. The third-order valence-corrected chi connectivity index (χ3v) is 7.49. The van der Waals surface area contributed by atoms with Gasteiger partial charge in [0.2, 0.25) is 0 Å². The first-order chi connectivity index (χ1) is 14.7. The van der Waals surface area contributed by atoms with E-state index in [0.29, 0.717) is 29.1 Å². The monoisotopic (exact) mass is 409 g/mol. The van der Waals surface area contributed by atoms with Crippen molar-refractivity contribution >= 4 is 17.7 Å². The van der Waals surface area contributed by atoms with Gasteiger partial charge in [-0.05, 0) is 62.6 Å². The first-order valence-electron chi connectivity index (χ1n) is 11.4. The lowest BCUT2D eigenvalue weighted by Gasteiger charge is -2.54. The number of ether oxygens (including phenoxy) is 1. The molecule has 3 heterocycles.